The van der Waals surface area contributed by atoms with E-state index in [1.165, 1.54) is 6.07 Å². The largest absolute Gasteiger partial charge is 0.389 e. The van der Waals surface area contributed by atoms with Gasteiger partial charge in [0, 0.05) is 49.7 Å². The lowest BCUT2D eigenvalue weighted by molar-refractivity contribution is -0.0319. The minimum absolute atomic E-state index is 0.0478. The summed E-state index contributed by atoms with van der Waals surface area (Å²) in [5.41, 5.74) is -0.529. The van der Waals surface area contributed by atoms with Crippen molar-refractivity contribution in [1.82, 2.24) is 9.80 Å². The van der Waals surface area contributed by atoms with E-state index in [1.54, 1.807) is 12.1 Å². The first-order chi connectivity index (χ1) is 10.9. The number of nitrogens with zero attached hydrogens (tertiary/aromatic N) is 2. The summed E-state index contributed by atoms with van der Waals surface area (Å²) in [6, 6.07) is 4.68. The van der Waals surface area contributed by atoms with Gasteiger partial charge in [0.15, 0.2) is 0 Å². The fourth-order valence-corrected chi connectivity index (χ4v) is 3.47. The van der Waals surface area contributed by atoms with Crippen molar-refractivity contribution in [3.05, 3.63) is 34.6 Å². The second-order valence-electron chi connectivity index (χ2n) is 6.84. The molecule has 1 aromatic rings. The van der Waals surface area contributed by atoms with Crippen LogP contribution in [-0.2, 0) is 6.42 Å². The lowest BCUT2D eigenvalue weighted by Gasteiger charge is -2.39. The quantitative estimate of drug-likeness (QED) is 0.860. The summed E-state index contributed by atoms with van der Waals surface area (Å²) in [5.74, 6) is -0.289. The van der Waals surface area contributed by atoms with Crippen LogP contribution in [0.15, 0.2) is 18.2 Å². The van der Waals surface area contributed by atoms with E-state index in [0.29, 0.717) is 17.0 Å². The highest BCUT2D eigenvalue weighted by Crippen LogP contribution is 2.31. The minimum Gasteiger partial charge on any atom is -0.389 e. The van der Waals surface area contributed by atoms with Crippen LogP contribution in [0, 0.1) is 11.7 Å². The molecule has 1 aromatic carbocycles. The van der Waals surface area contributed by atoms with Crippen molar-refractivity contribution in [2.75, 3.05) is 39.8 Å². The van der Waals surface area contributed by atoms with Crippen LogP contribution < -0.4 is 0 Å². The number of aliphatic hydroxyl groups is 1. The monoisotopic (exact) mass is 342 g/mol. The van der Waals surface area contributed by atoms with Gasteiger partial charge in [0.1, 0.15) is 5.82 Å². The van der Waals surface area contributed by atoms with E-state index >= 15 is 0 Å². The summed E-state index contributed by atoms with van der Waals surface area (Å²) in [7, 11) is 2.13. The Morgan fingerprint density at radius 2 is 1.96 bits per heavy atom. The molecule has 0 spiro atoms. The third-order valence-corrected chi connectivity index (χ3v) is 5.56. The Bertz CT molecular complexity index is 499. The van der Waals surface area contributed by atoms with Crippen LogP contribution in [0.1, 0.15) is 25.8 Å². The van der Waals surface area contributed by atoms with Crippen molar-refractivity contribution in [3.63, 3.8) is 0 Å². The van der Waals surface area contributed by atoms with Gasteiger partial charge in [-0.1, -0.05) is 31.5 Å². The Kier molecular flexibility index (Phi) is 6.43. The number of halogens is 2. The van der Waals surface area contributed by atoms with Crippen LogP contribution in [-0.4, -0.2) is 60.3 Å². The Balaban J connectivity index is 2.06. The predicted octanol–water partition coefficient (Wildman–Crippen LogP) is 3.05. The molecule has 1 N–H and O–H groups in total. The highest BCUT2D eigenvalue weighted by molar-refractivity contribution is 6.31. The van der Waals surface area contributed by atoms with Crippen LogP contribution in [0.3, 0.4) is 0 Å². The van der Waals surface area contributed by atoms with E-state index in [0.717, 1.165) is 32.7 Å². The molecule has 0 bridgehead atoms. The molecule has 23 heavy (non-hydrogen) atoms. The summed E-state index contributed by atoms with van der Waals surface area (Å²) in [6.07, 6.45) is 0.830. The van der Waals surface area contributed by atoms with E-state index in [2.05, 4.69) is 23.8 Å². The van der Waals surface area contributed by atoms with Crippen LogP contribution in [0.5, 0.6) is 0 Å². The number of rotatable bonds is 6. The second kappa shape index (κ2) is 7.93. The SMILES string of the molecule is CCC(O)(Cc1c(F)cccc1Cl)C(C)CN1CCN(C)CC1. The van der Waals surface area contributed by atoms with Gasteiger partial charge in [-0.2, -0.15) is 0 Å². The van der Waals surface area contributed by atoms with Crippen LogP contribution >= 0.6 is 11.6 Å². The van der Waals surface area contributed by atoms with Crippen LogP contribution in [0.4, 0.5) is 4.39 Å². The molecule has 1 aliphatic rings. The summed E-state index contributed by atoms with van der Waals surface area (Å²) in [5, 5.41) is 11.5. The van der Waals surface area contributed by atoms with Gasteiger partial charge in [-0.25, -0.2) is 4.39 Å². The van der Waals surface area contributed by atoms with Crippen molar-refractivity contribution < 1.29 is 9.50 Å². The Hall–Kier alpha value is -0.680. The predicted molar refractivity (Wildman–Crippen MR) is 93.5 cm³/mol. The number of hydrogen-bond donors (Lipinski definition) is 1. The van der Waals surface area contributed by atoms with Crippen molar-refractivity contribution in [2.24, 2.45) is 5.92 Å². The minimum atomic E-state index is -0.949. The number of likely N-dealkylation sites (N-methyl/N-ethyl adjacent to an activating group) is 1. The van der Waals surface area contributed by atoms with Crippen molar-refractivity contribution in [1.29, 1.82) is 0 Å². The van der Waals surface area contributed by atoms with Gasteiger partial charge in [0.05, 0.1) is 5.60 Å². The van der Waals surface area contributed by atoms with Crippen LogP contribution in [0.25, 0.3) is 0 Å². The molecule has 0 radical (unpaired) electrons. The van der Waals surface area contributed by atoms with E-state index < -0.39 is 5.60 Å². The molecule has 2 rings (SSSR count). The highest BCUT2D eigenvalue weighted by Gasteiger charge is 2.35. The first-order valence-corrected chi connectivity index (χ1v) is 8.79. The topological polar surface area (TPSA) is 26.7 Å². The zero-order valence-electron chi connectivity index (χ0n) is 14.4. The molecule has 5 heteroatoms. The zero-order valence-corrected chi connectivity index (χ0v) is 15.1. The van der Waals surface area contributed by atoms with Crippen LogP contribution in [0.2, 0.25) is 5.02 Å². The summed E-state index contributed by atoms with van der Waals surface area (Å²) in [4.78, 5) is 4.69. The Morgan fingerprint density at radius 1 is 1.30 bits per heavy atom. The maximum Gasteiger partial charge on any atom is 0.127 e. The van der Waals surface area contributed by atoms with Gasteiger partial charge >= 0.3 is 0 Å². The van der Waals surface area contributed by atoms with Gasteiger partial charge in [-0.05, 0) is 31.5 Å². The second-order valence-corrected chi connectivity index (χ2v) is 7.25. The molecule has 2 atom stereocenters. The summed E-state index contributed by atoms with van der Waals surface area (Å²) in [6.45, 7) is 8.96. The first kappa shape index (κ1) is 18.7. The fraction of sp³-hybridized carbons (Fsp3) is 0.667. The molecular weight excluding hydrogens is 315 g/mol. The summed E-state index contributed by atoms with van der Waals surface area (Å²) < 4.78 is 14.1. The molecule has 130 valence electrons. The number of piperazine rings is 1. The van der Waals surface area contributed by atoms with E-state index in [9.17, 15) is 9.50 Å². The van der Waals surface area contributed by atoms with E-state index in [-0.39, 0.29) is 18.2 Å². The molecular formula is C18H28ClFN2O. The highest BCUT2D eigenvalue weighted by atomic mass is 35.5. The first-order valence-electron chi connectivity index (χ1n) is 8.42. The molecule has 3 nitrogen and oxygen atoms in total. The standard InChI is InChI=1S/C18H28ClFN2O/c1-4-18(23,12-15-16(19)6-5-7-17(15)20)14(2)13-22-10-8-21(3)9-11-22/h5-7,14,23H,4,8-13H2,1-3H3. The van der Waals surface area contributed by atoms with Crippen molar-refractivity contribution >= 4 is 11.6 Å². The van der Waals surface area contributed by atoms with E-state index in [4.69, 9.17) is 11.6 Å². The van der Waals surface area contributed by atoms with Gasteiger partial charge < -0.3 is 14.9 Å². The molecule has 0 aliphatic carbocycles. The Morgan fingerprint density at radius 3 is 2.52 bits per heavy atom. The number of benzene rings is 1. The average Bonchev–Trinajstić information content (AvgIpc) is 2.53. The van der Waals surface area contributed by atoms with Gasteiger partial charge in [0.25, 0.3) is 0 Å². The van der Waals surface area contributed by atoms with Gasteiger partial charge in [-0.15, -0.1) is 0 Å². The molecule has 1 heterocycles. The lowest BCUT2D eigenvalue weighted by atomic mass is 9.80. The molecule has 0 saturated carbocycles. The summed E-state index contributed by atoms with van der Waals surface area (Å²) >= 11 is 6.14. The number of hydrogen-bond acceptors (Lipinski definition) is 3. The van der Waals surface area contributed by atoms with Gasteiger partial charge in [0.2, 0.25) is 0 Å². The lowest BCUT2D eigenvalue weighted by Crippen LogP contribution is -2.50. The average molecular weight is 343 g/mol. The molecule has 0 aromatic heterocycles. The van der Waals surface area contributed by atoms with Crippen molar-refractivity contribution in [2.45, 2.75) is 32.3 Å². The van der Waals surface area contributed by atoms with Gasteiger partial charge in [-0.3, -0.25) is 0 Å². The van der Waals surface area contributed by atoms with Crippen molar-refractivity contribution in [3.8, 4) is 0 Å². The van der Waals surface area contributed by atoms with E-state index in [1.807, 2.05) is 6.92 Å². The Labute approximate surface area is 144 Å². The molecule has 1 saturated heterocycles. The smallest absolute Gasteiger partial charge is 0.127 e. The molecule has 1 fully saturated rings. The molecule has 0 amide bonds. The third kappa shape index (κ3) is 4.66. The third-order valence-electron chi connectivity index (χ3n) is 5.20. The zero-order chi connectivity index (χ0) is 17.0. The molecule has 1 aliphatic heterocycles. The maximum absolute atomic E-state index is 14.1. The fourth-order valence-electron chi connectivity index (χ4n) is 3.24. The molecule has 2 unspecified atom stereocenters. The maximum atomic E-state index is 14.1. The normalized spacial score (nSPS) is 21.1.